The minimum absolute atomic E-state index is 0.0526. The number of carboxylic acid groups (broad SMARTS) is 1. The van der Waals surface area contributed by atoms with E-state index in [-0.39, 0.29) is 106 Å². The van der Waals surface area contributed by atoms with Gasteiger partial charge >= 0.3 is 17.9 Å². The second-order valence-electron chi connectivity index (χ2n) is 20.4. The number of aromatic carboxylic acids is 1. The highest BCUT2D eigenvalue weighted by atomic mass is 35.5. The van der Waals surface area contributed by atoms with Crippen LogP contribution in [0.2, 0.25) is 10.0 Å². The van der Waals surface area contributed by atoms with Crippen LogP contribution < -0.4 is 26.2 Å². The monoisotopic (exact) mass is 1420 g/mol. The predicted octanol–water partition coefficient (Wildman–Crippen LogP) is 9.41. The molecule has 93 heavy (non-hydrogen) atoms. The number of alkyl halides is 1. The Kier molecular flexibility index (Phi) is 26.1. The van der Waals surface area contributed by atoms with E-state index in [0.29, 0.717) is 28.7 Å². The Balaban J connectivity index is 0.000000211. The summed E-state index contributed by atoms with van der Waals surface area (Å²) in [6.45, 7) is 7.11. The maximum Gasteiger partial charge on any atom is 0.341 e. The summed E-state index contributed by atoms with van der Waals surface area (Å²) in [5.74, 6) is -8.54. The smallest absolute Gasteiger partial charge is 0.341 e. The molecule has 2 saturated heterocycles. The van der Waals surface area contributed by atoms with E-state index in [1.165, 1.54) is 24.7 Å². The zero-order valence-corrected chi connectivity index (χ0v) is 53.9. The van der Waals surface area contributed by atoms with Gasteiger partial charge in [-0.15, -0.1) is 0 Å². The lowest BCUT2D eigenvalue weighted by Gasteiger charge is -2.47. The Morgan fingerprint density at radius 1 is 0.677 bits per heavy atom. The lowest BCUT2D eigenvalue weighted by Crippen LogP contribution is -2.60. The van der Waals surface area contributed by atoms with Crippen molar-refractivity contribution in [3.8, 4) is 0 Å². The quantitative estimate of drug-likeness (QED) is 0.0182. The average Bonchev–Trinajstić information content (AvgIpc) is 1.45. The minimum Gasteiger partial charge on any atom is -0.478 e. The molecule has 23 nitrogen and oxygen atoms in total. The topological polar surface area (TPSA) is 352 Å². The van der Waals surface area contributed by atoms with Gasteiger partial charge < -0.3 is 59.1 Å². The van der Waals surface area contributed by atoms with Gasteiger partial charge in [0, 0.05) is 40.9 Å². The number of carbonyl (C=O) groups excluding carboxylic acids is 3. The lowest BCUT2D eigenvalue weighted by atomic mass is 9.94. The summed E-state index contributed by atoms with van der Waals surface area (Å²) in [7, 11) is -8.38. The van der Waals surface area contributed by atoms with Crippen molar-refractivity contribution in [3.63, 3.8) is 0 Å². The van der Waals surface area contributed by atoms with Crippen LogP contribution in [0.3, 0.4) is 0 Å². The number of aliphatic hydroxyl groups is 2. The molecule has 10 rings (SSSR count). The average molecular weight is 1420 g/mol. The third-order valence-electron chi connectivity index (χ3n) is 13.8. The standard InChI is InChI=1S/C25H26ClF2N3O7S.C12H11ClN2O5S.C12H15F2NO2.C6H5ClO2.C5H3ClO/c1-14-12-38-25(33,16-6-17(27)8-18(28)7-16)15(2)31(14)13-37-24(32)20-9-23(39(29,34)35)21(26)10-22(20)30-11-19-4-3-5-36-19;13-9-5-10(15-6-7-2-1-3-20-7)8(12(16)17)4-11(9)21(14,18)19;1-7-6-17-12(16,8(2)15-7)9-3-10(13)5-11(14)4-9;7-4-9-6(8)5-2-1-3-5;6-5(7)4-2-1-3-4/h3-10,14-15,30,33H,11-13H2,1-2H3,(H2,29,34,35);1-5,15H,6H2,(H,16,17)(H2,14,18,19);3-5,7-8,15-16H,6H2,1-2H3;1-3H,4H2;1-3H/t14-,15+,25-;;7-,8+,12-;;/m1.1../s1. The van der Waals surface area contributed by atoms with E-state index in [9.17, 15) is 63.8 Å². The van der Waals surface area contributed by atoms with Gasteiger partial charge in [-0.05, 0) is 124 Å². The van der Waals surface area contributed by atoms with Gasteiger partial charge in [0.15, 0.2) is 6.07 Å². The molecule has 2 aliphatic heterocycles. The molecule has 0 saturated carbocycles. The highest BCUT2D eigenvalue weighted by molar-refractivity contribution is 7.89. The molecule has 0 amide bonds. The van der Waals surface area contributed by atoms with E-state index in [1.54, 1.807) is 86.4 Å². The molecule has 0 radical (unpaired) electrons. The van der Waals surface area contributed by atoms with Gasteiger partial charge in [0.05, 0.1) is 89.0 Å². The minimum atomic E-state index is -4.28. The number of hydrogen-bond acceptors (Lipinski definition) is 20. The fourth-order valence-corrected chi connectivity index (χ4v) is 11.2. The summed E-state index contributed by atoms with van der Waals surface area (Å²) in [5.41, 5.74) is 1.01. The third-order valence-corrected chi connectivity index (χ3v) is 16.9. The second kappa shape index (κ2) is 32.6. The first-order chi connectivity index (χ1) is 43.6. The Bertz CT molecular complexity index is 4020. The van der Waals surface area contributed by atoms with Gasteiger partial charge in [-0.25, -0.2) is 59.1 Å². The van der Waals surface area contributed by atoms with Crippen molar-refractivity contribution in [2.75, 3.05) is 36.6 Å². The van der Waals surface area contributed by atoms with Gasteiger partial charge in [0.2, 0.25) is 31.6 Å². The summed E-state index contributed by atoms with van der Waals surface area (Å²) in [6.07, 6.45) is 13.2. The number of furan rings is 2. The first-order valence-electron chi connectivity index (χ1n) is 27.2. The van der Waals surface area contributed by atoms with Crippen molar-refractivity contribution in [2.24, 2.45) is 10.3 Å². The summed E-state index contributed by atoms with van der Waals surface area (Å²) in [5, 5.41) is 49.1. The van der Waals surface area contributed by atoms with Crippen molar-refractivity contribution in [3.05, 3.63) is 212 Å². The number of benzene rings is 4. The highest BCUT2D eigenvalue weighted by Crippen LogP contribution is 2.37. The first kappa shape index (κ1) is 74.6. The molecule has 4 heterocycles. The summed E-state index contributed by atoms with van der Waals surface area (Å²) < 4.78 is 132. The first-order valence-corrected chi connectivity index (χ1v) is 31.9. The molecule has 6 atom stereocenters. The van der Waals surface area contributed by atoms with Gasteiger partial charge in [0.25, 0.3) is 5.24 Å². The van der Waals surface area contributed by atoms with Crippen LogP contribution in [0, 0.1) is 23.3 Å². The maximum absolute atomic E-state index is 13.9. The molecule has 4 aliphatic rings. The van der Waals surface area contributed by atoms with Crippen LogP contribution >= 0.6 is 46.4 Å². The number of nitrogens with two attached hydrogens (primary N) is 2. The number of nitrogens with zero attached hydrogens (tertiary/aromatic N) is 1. The molecule has 0 unspecified atom stereocenters. The van der Waals surface area contributed by atoms with E-state index in [1.807, 2.05) is 6.92 Å². The van der Waals surface area contributed by atoms with Crippen LogP contribution in [0.15, 0.2) is 164 Å². The van der Waals surface area contributed by atoms with Crippen LogP contribution in [-0.4, -0.2) is 110 Å². The van der Waals surface area contributed by atoms with E-state index in [0.717, 1.165) is 42.5 Å². The van der Waals surface area contributed by atoms with Crippen LogP contribution in [0.5, 0.6) is 0 Å². The summed E-state index contributed by atoms with van der Waals surface area (Å²) >= 11 is 22.1. The molecule has 0 bridgehead atoms. The largest absolute Gasteiger partial charge is 0.478 e. The van der Waals surface area contributed by atoms with Crippen molar-refractivity contribution in [2.45, 2.75) is 86.3 Å². The third kappa shape index (κ3) is 20.3. The Labute approximate surface area is 550 Å². The Hall–Kier alpha value is -7.46. The predicted molar refractivity (Wildman–Crippen MR) is 332 cm³/mol. The van der Waals surface area contributed by atoms with Gasteiger partial charge in [0.1, 0.15) is 51.3 Å². The summed E-state index contributed by atoms with van der Waals surface area (Å²) in [6, 6.07) is 14.9. The number of sulfonamides is 2. The fraction of sp³-hybridized carbons (Fsp3) is 0.267. The van der Waals surface area contributed by atoms with E-state index < -0.39 is 88.7 Å². The number of carboxylic acids is 1. The Morgan fingerprint density at radius 3 is 1.52 bits per heavy atom. The molecular formula is C60H60Cl4F4N6O17S2. The van der Waals surface area contributed by atoms with Crippen LogP contribution in [0.1, 0.15) is 71.1 Å². The number of allylic oxidation sites excluding steroid dienone is 6. The molecule has 2 fully saturated rings. The molecule has 500 valence electrons. The number of hydrogen-bond donors (Lipinski definition) is 8. The SMILES string of the molecule is C[C@@H]1CO[C@@](O)(c2cc(F)cc(F)c2)[C@H](C)N1.C[C@@H]1CO[C@@](O)(c2cc(F)cc(F)c2)[C@H](C)N1COC(=O)c1cc(S(N)(=O)=O)c(Cl)cc1NCc1ccco1.NS(=O)(=O)c1cc(C(=O)O)c(NCc2ccco2)cc1Cl.O=C(Cl)C1=CC=C1.O=C(OCCl)C1=CC=C1. The van der Waals surface area contributed by atoms with Crippen molar-refractivity contribution in [1.29, 1.82) is 0 Å². The number of halogens is 8. The molecule has 33 heteroatoms. The fourth-order valence-electron chi connectivity index (χ4n) is 8.82. The molecule has 2 aliphatic carbocycles. The maximum atomic E-state index is 13.9. The number of ether oxygens (including phenoxy) is 4. The van der Waals surface area contributed by atoms with Crippen molar-refractivity contribution < 1.29 is 96.7 Å². The number of morpholine rings is 2. The van der Waals surface area contributed by atoms with E-state index in [4.69, 9.17) is 84.8 Å². The van der Waals surface area contributed by atoms with Crippen LogP contribution in [0.25, 0.3) is 0 Å². The molecular weight excluding hydrogens is 1360 g/mol. The number of carbonyl (C=O) groups is 4. The molecule has 6 aromatic rings. The van der Waals surface area contributed by atoms with Crippen molar-refractivity contribution in [1.82, 2.24) is 10.2 Å². The molecule has 2 aromatic heterocycles. The summed E-state index contributed by atoms with van der Waals surface area (Å²) in [4.78, 5) is 45.8. The highest BCUT2D eigenvalue weighted by Gasteiger charge is 2.47. The number of nitrogens with one attached hydrogen (secondary N) is 3. The van der Waals surface area contributed by atoms with E-state index >= 15 is 0 Å². The van der Waals surface area contributed by atoms with Crippen LogP contribution in [0.4, 0.5) is 28.9 Å². The van der Waals surface area contributed by atoms with Crippen LogP contribution in [-0.2, 0) is 73.2 Å². The number of anilines is 2. The van der Waals surface area contributed by atoms with Gasteiger partial charge in [-0.1, -0.05) is 59.1 Å². The second-order valence-corrected chi connectivity index (χ2v) is 24.9. The zero-order chi connectivity index (χ0) is 68.8. The van der Waals surface area contributed by atoms with Gasteiger partial charge in [-0.2, -0.15) is 0 Å². The number of esters is 2. The van der Waals surface area contributed by atoms with Crippen molar-refractivity contribution >= 4 is 101 Å². The molecule has 4 aromatic carbocycles. The molecule has 0 spiro atoms. The number of primary sulfonamides is 2. The van der Waals surface area contributed by atoms with Gasteiger partial charge in [-0.3, -0.25) is 9.69 Å². The molecule has 10 N–H and O–H groups in total. The Morgan fingerprint density at radius 2 is 1.13 bits per heavy atom. The zero-order valence-electron chi connectivity index (χ0n) is 49.3. The van der Waals surface area contributed by atoms with E-state index in [2.05, 4.69) is 20.7 Å². The lowest BCUT2D eigenvalue weighted by molar-refractivity contribution is -0.293. The normalized spacial score (nSPS) is 20.5. The number of rotatable bonds is 17.